The van der Waals surface area contributed by atoms with E-state index in [4.69, 9.17) is 0 Å². The van der Waals surface area contributed by atoms with Crippen molar-refractivity contribution < 1.29 is 9.18 Å². The van der Waals surface area contributed by atoms with E-state index in [2.05, 4.69) is 14.5 Å². The number of benzene rings is 1. The van der Waals surface area contributed by atoms with E-state index in [-0.39, 0.29) is 11.7 Å². The van der Waals surface area contributed by atoms with Gasteiger partial charge in [-0.15, -0.1) is 11.3 Å². The first kappa shape index (κ1) is 16.9. The fourth-order valence-electron chi connectivity index (χ4n) is 3.45. The Balaban J connectivity index is 1.41. The van der Waals surface area contributed by atoms with Gasteiger partial charge in [0.25, 0.3) is 5.91 Å². The van der Waals surface area contributed by atoms with Gasteiger partial charge in [0, 0.05) is 42.3 Å². The summed E-state index contributed by atoms with van der Waals surface area (Å²) in [4.78, 5) is 23.2. The van der Waals surface area contributed by atoms with Crippen LogP contribution in [0, 0.1) is 5.82 Å². The van der Waals surface area contributed by atoms with Crippen molar-refractivity contribution in [1.82, 2.24) is 19.4 Å². The van der Waals surface area contributed by atoms with Crippen LogP contribution in [-0.4, -0.2) is 38.4 Å². The zero-order valence-corrected chi connectivity index (χ0v) is 15.0. The number of hydrogen-bond donors (Lipinski definition) is 0. The van der Waals surface area contributed by atoms with Crippen LogP contribution >= 0.6 is 11.3 Å². The van der Waals surface area contributed by atoms with Crippen molar-refractivity contribution in [3.8, 4) is 0 Å². The van der Waals surface area contributed by atoms with Crippen LogP contribution in [0.15, 0.2) is 47.5 Å². The molecule has 1 aliphatic rings. The molecule has 0 atom stereocenters. The minimum Gasteiger partial charge on any atom is -0.339 e. The molecule has 1 amide bonds. The van der Waals surface area contributed by atoms with Gasteiger partial charge in [0.05, 0.1) is 17.7 Å². The highest BCUT2D eigenvalue weighted by molar-refractivity contribution is 7.07. The van der Waals surface area contributed by atoms with Gasteiger partial charge in [-0.2, -0.15) is 0 Å². The van der Waals surface area contributed by atoms with E-state index >= 15 is 0 Å². The third kappa shape index (κ3) is 3.53. The Morgan fingerprint density at radius 3 is 2.85 bits per heavy atom. The number of carbonyl (C=O) groups is 1. The Morgan fingerprint density at radius 2 is 2.12 bits per heavy atom. The monoisotopic (exact) mass is 370 g/mol. The van der Waals surface area contributed by atoms with Gasteiger partial charge in [-0.25, -0.2) is 14.4 Å². The van der Waals surface area contributed by atoms with Crippen molar-refractivity contribution in [2.24, 2.45) is 0 Å². The fourth-order valence-corrected chi connectivity index (χ4v) is 4.00. The number of amides is 1. The van der Waals surface area contributed by atoms with Crippen LogP contribution in [0.4, 0.5) is 4.39 Å². The number of rotatable bonds is 4. The quantitative estimate of drug-likeness (QED) is 0.706. The van der Waals surface area contributed by atoms with Crippen LogP contribution in [0.25, 0.3) is 0 Å². The highest BCUT2D eigenvalue weighted by Gasteiger charge is 2.27. The van der Waals surface area contributed by atoms with E-state index in [1.807, 2.05) is 23.3 Å². The maximum Gasteiger partial charge on any atom is 0.253 e. The molecular formula is C19H19FN4OS. The predicted molar refractivity (Wildman–Crippen MR) is 97.7 cm³/mol. The lowest BCUT2D eigenvalue weighted by molar-refractivity contribution is 0.0710. The third-order valence-corrected chi connectivity index (χ3v) is 5.42. The summed E-state index contributed by atoms with van der Waals surface area (Å²) in [5.41, 5.74) is 3.28. The number of hydrogen-bond acceptors (Lipinski definition) is 4. The normalized spacial score (nSPS) is 15.3. The molecule has 0 saturated carbocycles. The van der Waals surface area contributed by atoms with Crippen molar-refractivity contribution in [3.63, 3.8) is 0 Å². The first-order chi connectivity index (χ1) is 12.7. The number of carbonyl (C=O) groups excluding carboxylic acids is 1. The summed E-state index contributed by atoms with van der Waals surface area (Å²) in [5.74, 6) is 0.889. The lowest BCUT2D eigenvalue weighted by atomic mass is 9.95. The number of imidazole rings is 1. The van der Waals surface area contributed by atoms with Crippen LogP contribution in [0.5, 0.6) is 0 Å². The minimum atomic E-state index is -0.380. The van der Waals surface area contributed by atoms with Gasteiger partial charge in [0.15, 0.2) is 0 Å². The zero-order chi connectivity index (χ0) is 17.9. The summed E-state index contributed by atoms with van der Waals surface area (Å²) < 4.78 is 15.5. The molecule has 3 aromatic rings. The molecule has 3 heterocycles. The molecule has 134 valence electrons. The van der Waals surface area contributed by atoms with E-state index in [9.17, 15) is 9.18 Å². The standard InChI is InChI=1S/C19H19FN4OS/c20-16-3-1-2-15(10-16)19(25)23-7-4-14(5-8-23)18-21-6-9-24(18)11-17-12-26-13-22-17/h1-3,6,9-10,12-14H,4-5,7-8,11H2. The van der Waals surface area contributed by atoms with Crippen LogP contribution in [0.3, 0.4) is 0 Å². The van der Waals surface area contributed by atoms with E-state index < -0.39 is 0 Å². The van der Waals surface area contributed by atoms with Gasteiger partial charge in [-0.1, -0.05) is 6.07 Å². The largest absolute Gasteiger partial charge is 0.339 e. The minimum absolute atomic E-state index is 0.103. The van der Waals surface area contributed by atoms with Crippen molar-refractivity contribution in [2.75, 3.05) is 13.1 Å². The number of aromatic nitrogens is 3. The molecule has 0 bridgehead atoms. The van der Waals surface area contributed by atoms with Gasteiger partial charge < -0.3 is 9.47 Å². The molecule has 0 unspecified atom stereocenters. The van der Waals surface area contributed by atoms with Crippen LogP contribution in [0.2, 0.25) is 0 Å². The van der Waals surface area contributed by atoms with Crippen LogP contribution in [0.1, 0.15) is 40.6 Å². The molecule has 4 rings (SSSR count). The Hall–Kier alpha value is -2.54. The molecule has 0 aliphatic carbocycles. The summed E-state index contributed by atoms with van der Waals surface area (Å²) in [7, 11) is 0. The lowest BCUT2D eigenvalue weighted by Crippen LogP contribution is -2.38. The maximum absolute atomic E-state index is 13.4. The van der Waals surface area contributed by atoms with Crippen LogP contribution < -0.4 is 0 Å². The van der Waals surface area contributed by atoms with E-state index in [0.29, 0.717) is 24.6 Å². The van der Waals surface area contributed by atoms with Crippen molar-refractivity contribution in [1.29, 1.82) is 0 Å². The number of nitrogens with zero attached hydrogens (tertiary/aromatic N) is 4. The molecule has 1 aromatic carbocycles. The summed E-state index contributed by atoms with van der Waals surface area (Å²) in [5, 5.41) is 2.05. The number of thiazole rings is 1. The molecule has 1 fully saturated rings. The fraction of sp³-hybridized carbons (Fsp3) is 0.316. The Morgan fingerprint density at radius 1 is 1.27 bits per heavy atom. The predicted octanol–water partition coefficient (Wildman–Crippen LogP) is 3.55. The van der Waals surface area contributed by atoms with Gasteiger partial charge in [-0.05, 0) is 31.0 Å². The SMILES string of the molecule is O=C(c1cccc(F)c1)N1CCC(c2nccn2Cc2cscn2)CC1. The molecule has 0 N–H and O–H groups in total. The van der Waals surface area contributed by atoms with Gasteiger partial charge in [0.1, 0.15) is 11.6 Å². The molecule has 5 nitrogen and oxygen atoms in total. The molecule has 2 aromatic heterocycles. The smallest absolute Gasteiger partial charge is 0.253 e. The summed E-state index contributed by atoms with van der Waals surface area (Å²) in [6, 6.07) is 5.89. The van der Waals surface area contributed by atoms with Crippen LogP contribution in [-0.2, 0) is 6.54 Å². The Bertz CT molecular complexity index is 885. The summed E-state index contributed by atoms with van der Waals surface area (Å²) >= 11 is 1.59. The lowest BCUT2D eigenvalue weighted by Gasteiger charge is -2.32. The van der Waals surface area contributed by atoms with Gasteiger partial charge in [0.2, 0.25) is 0 Å². The molecule has 1 saturated heterocycles. The molecule has 0 spiro atoms. The van der Waals surface area contributed by atoms with E-state index in [0.717, 1.165) is 30.9 Å². The highest BCUT2D eigenvalue weighted by atomic mass is 32.1. The zero-order valence-electron chi connectivity index (χ0n) is 14.2. The number of piperidine rings is 1. The number of halogens is 1. The second-order valence-corrected chi connectivity index (χ2v) is 7.19. The first-order valence-corrected chi connectivity index (χ1v) is 9.58. The molecule has 7 heteroatoms. The van der Waals surface area contributed by atoms with Crippen molar-refractivity contribution >= 4 is 17.2 Å². The third-order valence-electron chi connectivity index (χ3n) is 4.78. The molecule has 26 heavy (non-hydrogen) atoms. The number of likely N-dealkylation sites (tertiary alicyclic amines) is 1. The molecule has 0 radical (unpaired) electrons. The molecular weight excluding hydrogens is 351 g/mol. The summed E-state index contributed by atoms with van der Waals surface area (Å²) in [6.45, 7) is 2.04. The van der Waals surface area contributed by atoms with Crippen molar-refractivity contribution in [3.05, 3.63) is 70.4 Å². The van der Waals surface area contributed by atoms with Gasteiger partial charge >= 0.3 is 0 Å². The van der Waals surface area contributed by atoms with E-state index in [1.165, 1.54) is 12.1 Å². The second-order valence-electron chi connectivity index (χ2n) is 6.47. The Kier molecular flexibility index (Phi) is 4.79. The van der Waals surface area contributed by atoms with Crippen molar-refractivity contribution in [2.45, 2.75) is 25.3 Å². The van der Waals surface area contributed by atoms with Gasteiger partial charge in [-0.3, -0.25) is 4.79 Å². The summed E-state index contributed by atoms with van der Waals surface area (Å²) in [6.07, 6.45) is 5.52. The average molecular weight is 370 g/mol. The topological polar surface area (TPSA) is 51.0 Å². The van der Waals surface area contributed by atoms with E-state index in [1.54, 1.807) is 28.4 Å². The molecule has 1 aliphatic heterocycles. The second kappa shape index (κ2) is 7.37. The maximum atomic E-state index is 13.4. The Labute approximate surface area is 155 Å². The highest BCUT2D eigenvalue weighted by Crippen LogP contribution is 2.28. The first-order valence-electron chi connectivity index (χ1n) is 8.63. The average Bonchev–Trinajstić information content (AvgIpc) is 3.34.